The first-order valence-corrected chi connectivity index (χ1v) is 5.46. The topological polar surface area (TPSA) is 0 Å². The molecule has 18 heavy (non-hydrogen) atoms. The Kier molecular flexibility index (Phi) is 3.51. The van der Waals surface area contributed by atoms with Gasteiger partial charge < -0.3 is 0 Å². The van der Waals surface area contributed by atoms with E-state index >= 15 is 0 Å². The molecule has 0 aliphatic carbocycles. The highest BCUT2D eigenvalue weighted by Gasteiger charge is 2.21. The van der Waals surface area contributed by atoms with E-state index in [2.05, 4.69) is 0 Å². The van der Waals surface area contributed by atoms with Gasteiger partial charge in [0.25, 0.3) is 0 Å². The Bertz CT molecular complexity index is 522. The van der Waals surface area contributed by atoms with Gasteiger partial charge in [0.1, 0.15) is 0 Å². The van der Waals surface area contributed by atoms with Crippen LogP contribution in [0.2, 0.25) is 0 Å². The first-order valence-electron chi connectivity index (χ1n) is 5.46. The number of rotatable bonds is 2. The third-order valence-electron chi connectivity index (χ3n) is 2.48. The van der Waals surface area contributed by atoms with E-state index in [9.17, 15) is 13.2 Å². The van der Waals surface area contributed by atoms with Crippen molar-refractivity contribution in [2.24, 2.45) is 0 Å². The van der Waals surface area contributed by atoms with Crippen LogP contribution < -0.4 is 0 Å². The Morgan fingerprint density at radius 3 is 1.83 bits per heavy atom. The Morgan fingerprint density at radius 2 is 1.28 bits per heavy atom. The van der Waals surface area contributed by atoms with Crippen LogP contribution in [0.3, 0.4) is 0 Å². The largest absolute Gasteiger partial charge is 0.409 e. The lowest BCUT2D eigenvalue weighted by Crippen LogP contribution is -2.00. The van der Waals surface area contributed by atoms with Crippen LogP contribution in [0.1, 0.15) is 5.56 Å². The van der Waals surface area contributed by atoms with Crippen LogP contribution in [0.4, 0.5) is 13.2 Å². The van der Waals surface area contributed by atoms with Crippen LogP contribution in [0, 0.1) is 0 Å². The molecule has 2 aromatic rings. The first-order chi connectivity index (χ1) is 8.54. The van der Waals surface area contributed by atoms with Crippen molar-refractivity contribution in [2.45, 2.75) is 6.18 Å². The summed E-state index contributed by atoms with van der Waals surface area (Å²) in [6.45, 7) is 0. The van der Waals surface area contributed by atoms with Crippen molar-refractivity contribution in [1.29, 1.82) is 0 Å². The molecular weight excluding hydrogens is 237 g/mol. The molecule has 0 saturated carbocycles. The van der Waals surface area contributed by atoms with Crippen molar-refractivity contribution in [3.05, 3.63) is 66.2 Å². The smallest absolute Gasteiger partial charge is 0.167 e. The maximum absolute atomic E-state index is 12.0. The first kappa shape index (κ1) is 12.4. The summed E-state index contributed by atoms with van der Waals surface area (Å²) in [6, 6.07) is 16.6. The van der Waals surface area contributed by atoms with Crippen molar-refractivity contribution in [2.75, 3.05) is 0 Å². The summed E-state index contributed by atoms with van der Waals surface area (Å²) in [4.78, 5) is 0. The van der Waals surface area contributed by atoms with Gasteiger partial charge in [-0.05, 0) is 16.7 Å². The van der Waals surface area contributed by atoms with Gasteiger partial charge in [0.15, 0.2) is 0 Å². The van der Waals surface area contributed by atoms with Gasteiger partial charge in [0, 0.05) is 6.08 Å². The molecule has 3 heteroatoms. The van der Waals surface area contributed by atoms with Gasteiger partial charge in [0.2, 0.25) is 0 Å². The van der Waals surface area contributed by atoms with E-state index in [1.54, 1.807) is 12.1 Å². The van der Waals surface area contributed by atoms with E-state index in [1.165, 1.54) is 0 Å². The Labute approximate surface area is 103 Å². The second-order valence-electron chi connectivity index (χ2n) is 3.86. The molecule has 0 nitrogen and oxygen atoms in total. The van der Waals surface area contributed by atoms with Gasteiger partial charge in [-0.2, -0.15) is 13.2 Å². The molecule has 0 fully saturated rings. The SMILES string of the molecule is FC(F)(F)/C=C/c1ccc(-c2ccccc2)cc1. The van der Waals surface area contributed by atoms with E-state index in [-0.39, 0.29) is 6.08 Å². The van der Waals surface area contributed by atoms with Gasteiger partial charge >= 0.3 is 6.18 Å². The Balaban J connectivity index is 2.19. The molecule has 0 aliphatic rings. The molecule has 0 spiro atoms. The third kappa shape index (κ3) is 3.48. The number of alkyl halides is 3. The zero-order valence-electron chi connectivity index (χ0n) is 9.48. The molecule has 92 valence electrons. The van der Waals surface area contributed by atoms with Crippen molar-refractivity contribution in [1.82, 2.24) is 0 Å². The molecule has 0 atom stereocenters. The molecule has 0 heterocycles. The van der Waals surface area contributed by atoms with Gasteiger partial charge in [-0.25, -0.2) is 0 Å². The van der Waals surface area contributed by atoms with Gasteiger partial charge in [-0.15, -0.1) is 0 Å². The van der Waals surface area contributed by atoms with E-state index in [0.717, 1.165) is 17.2 Å². The van der Waals surface area contributed by atoms with E-state index in [1.807, 2.05) is 42.5 Å². The molecule has 0 saturated heterocycles. The summed E-state index contributed by atoms with van der Waals surface area (Å²) in [5.41, 5.74) is 2.57. The highest BCUT2D eigenvalue weighted by molar-refractivity contribution is 5.65. The molecule has 0 aromatic heterocycles. The molecule has 0 radical (unpaired) electrons. The fraction of sp³-hybridized carbons (Fsp3) is 0.0667. The lowest BCUT2D eigenvalue weighted by molar-refractivity contribution is -0.0790. The van der Waals surface area contributed by atoms with Crippen LogP contribution >= 0.6 is 0 Å². The van der Waals surface area contributed by atoms with Gasteiger partial charge in [-0.1, -0.05) is 60.7 Å². The lowest BCUT2D eigenvalue weighted by atomic mass is 10.0. The second kappa shape index (κ2) is 5.08. The van der Waals surface area contributed by atoms with Crippen LogP contribution in [0.15, 0.2) is 60.7 Å². The highest BCUT2D eigenvalue weighted by Crippen LogP contribution is 2.21. The number of hydrogen-bond donors (Lipinski definition) is 0. The molecular formula is C15H11F3. The Hall–Kier alpha value is -2.03. The van der Waals surface area contributed by atoms with E-state index in [4.69, 9.17) is 0 Å². The monoisotopic (exact) mass is 248 g/mol. The van der Waals surface area contributed by atoms with Crippen molar-refractivity contribution >= 4 is 6.08 Å². The van der Waals surface area contributed by atoms with Crippen molar-refractivity contribution < 1.29 is 13.2 Å². The average Bonchev–Trinajstić information content (AvgIpc) is 2.37. The summed E-state index contributed by atoms with van der Waals surface area (Å²) in [5.74, 6) is 0. The second-order valence-corrected chi connectivity index (χ2v) is 3.86. The number of benzene rings is 2. The minimum absolute atomic E-state index is 0.241. The summed E-state index contributed by atoms with van der Waals surface area (Å²) in [6.07, 6.45) is -2.96. The zero-order valence-corrected chi connectivity index (χ0v) is 9.48. The van der Waals surface area contributed by atoms with Crippen molar-refractivity contribution in [3.63, 3.8) is 0 Å². The number of halogens is 3. The molecule has 0 N–H and O–H groups in total. The minimum Gasteiger partial charge on any atom is -0.167 e. The quantitative estimate of drug-likeness (QED) is 0.707. The molecule has 2 aromatic carbocycles. The normalized spacial score (nSPS) is 11.9. The van der Waals surface area contributed by atoms with Gasteiger partial charge in [0.05, 0.1) is 0 Å². The number of hydrogen-bond acceptors (Lipinski definition) is 0. The summed E-state index contributed by atoms with van der Waals surface area (Å²) in [5, 5.41) is 0. The third-order valence-corrected chi connectivity index (χ3v) is 2.48. The van der Waals surface area contributed by atoms with Crippen LogP contribution in [-0.4, -0.2) is 6.18 Å². The van der Waals surface area contributed by atoms with E-state index < -0.39 is 6.18 Å². The fourth-order valence-electron chi connectivity index (χ4n) is 1.61. The lowest BCUT2D eigenvalue weighted by Gasteiger charge is -2.02. The Morgan fingerprint density at radius 1 is 0.722 bits per heavy atom. The van der Waals surface area contributed by atoms with Crippen LogP contribution in [0.5, 0.6) is 0 Å². The average molecular weight is 248 g/mol. The summed E-state index contributed by atoms with van der Waals surface area (Å²) >= 11 is 0. The van der Waals surface area contributed by atoms with E-state index in [0.29, 0.717) is 5.56 Å². The standard InChI is InChI=1S/C15H11F3/c16-15(17,18)11-10-12-6-8-14(9-7-12)13-4-2-1-3-5-13/h1-11H/b11-10+. The fourth-order valence-corrected chi connectivity index (χ4v) is 1.61. The van der Waals surface area contributed by atoms with Gasteiger partial charge in [-0.3, -0.25) is 0 Å². The number of allylic oxidation sites excluding steroid dienone is 1. The molecule has 2 rings (SSSR count). The maximum Gasteiger partial charge on any atom is 0.409 e. The zero-order chi connectivity index (χ0) is 13.0. The highest BCUT2D eigenvalue weighted by atomic mass is 19.4. The predicted octanol–water partition coefficient (Wildman–Crippen LogP) is 4.93. The molecule has 0 unspecified atom stereocenters. The predicted molar refractivity (Wildman–Crippen MR) is 67.0 cm³/mol. The molecule has 0 amide bonds. The summed E-state index contributed by atoms with van der Waals surface area (Å²) < 4.78 is 36.0. The molecule has 0 aliphatic heterocycles. The van der Waals surface area contributed by atoms with Crippen LogP contribution in [-0.2, 0) is 0 Å². The minimum atomic E-state index is -4.27. The van der Waals surface area contributed by atoms with Crippen molar-refractivity contribution in [3.8, 4) is 11.1 Å². The van der Waals surface area contributed by atoms with Crippen LogP contribution in [0.25, 0.3) is 17.2 Å². The summed E-state index contributed by atoms with van der Waals surface area (Å²) in [7, 11) is 0. The molecule has 0 bridgehead atoms. The maximum atomic E-state index is 12.0.